The SMILES string of the molecule is CCN(CCCO)C(=O)c1csnn1. The third kappa shape index (κ3) is 2.74. The second-order valence-electron chi connectivity index (χ2n) is 2.75. The first kappa shape index (κ1) is 11.1. The van der Waals surface area contributed by atoms with E-state index in [2.05, 4.69) is 9.59 Å². The fourth-order valence-corrected chi connectivity index (χ4v) is 1.51. The van der Waals surface area contributed by atoms with Gasteiger partial charge in [-0.25, -0.2) is 0 Å². The molecule has 0 radical (unpaired) electrons. The molecular weight excluding hydrogens is 202 g/mol. The Labute approximate surface area is 86.5 Å². The molecule has 0 aliphatic carbocycles. The van der Waals surface area contributed by atoms with Crippen LogP contribution < -0.4 is 0 Å². The standard InChI is InChI=1S/C8H13N3O2S/c1-2-11(4-3-5-12)8(13)7-6-14-10-9-7/h6,12H,2-5H2,1H3. The lowest BCUT2D eigenvalue weighted by Gasteiger charge is -2.18. The number of rotatable bonds is 5. The van der Waals surface area contributed by atoms with Crippen molar-refractivity contribution in [2.75, 3.05) is 19.7 Å². The van der Waals surface area contributed by atoms with Crippen molar-refractivity contribution in [3.8, 4) is 0 Å². The summed E-state index contributed by atoms with van der Waals surface area (Å²) in [5.74, 6) is -0.116. The maximum absolute atomic E-state index is 11.7. The first-order valence-corrected chi connectivity index (χ1v) is 5.30. The van der Waals surface area contributed by atoms with E-state index < -0.39 is 0 Å². The van der Waals surface area contributed by atoms with Crippen molar-refractivity contribution >= 4 is 17.4 Å². The third-order valence-corrected chi connectivity index (χ3v) is 2.34. The van der Waals surface area contributed by atoms with E-state index in [0.29, 0.717) is 25.2 Å². The smallest absolute Gasteiger partial charge is 0.275 e. The normalized spacial score (nSPS) is 10.1. The van der Waals surface area contributed by atoms with Gasteiger partial charge in [-0.15, -0.1) is 5.10 Å². The van der Waals surface area contributed by atoms with Crippen LogP contribution in [0.25, 0.3) is 0 Å². The molecule has 0 aliphatic heterocycles. The van der Waals surface area contributed by atoms with Gasteiger partial charge in [0.2, 0.25) is 0 Å². The van der Waals surface area contributed by atoms with Crippen molar-refractivity contribution in [2.24, 2.45) is 0 Å². The van der Waals surface area contributed by atoms with Crippen molar-refractivity contribution in [1.82, 2.24) is 14.5 Å². The maximum Gasteiger partial charge on any atom is 0.275 e. The number of carbonyl (C=O) groups excluding carboxylic acids is 1. The number of aliphatic hydroxyl groups excluding tert-OH is 1. The Morgan fingerprint density at radius 2 is 2.50 bits per heavy atom. The van der Waals surface area contributed by atoms with Gasteiger partial charge in [-0.05, 0) is 24.9 Å². The van der Waals surface area contributed by atoms with Gasteiger partial charge in [0, 0.05) is 25.1 Å². The number of hydrogen-bond donors (Lipinski definition) is 1. The van der Waals surface area contributed by atoms with Crippen LogP contribution in [0.4, 0.5) is 0 Å². The molecule has 0 spiro atoms. The molecule has 78 valence electrons. The van der Waals surface area contributed by atoms with Gasteiger partial charge in [0.1, 0.15) is 0 Å². The second kappa shape index (κ2) is 5.66. The Morgan fingerprint density at radius 1 is 1.71 bits per heavy atom. The number of hydrogen-bond acceptors (Lipinski definition) is 5. The van der Waals surface area contributed by atoms with Gasteiger partial charge in [-0.1, -0.05) is 4.49 Å². The molecule has 1 N–H and O–H groups in total. The van der Waals surface area contributed by atoms with Gasteiger partial charge in [0.15, 0.2) is 5.69 Å². The summed E-state index contributed by atoms with van der Waals surface area (Å²) in [5, 5.41) is 14.0. The molecule has 0 saturated heterocycles. The van der Waals surface area contributed by atoms with Crippen LogP contribution in [0.15, 0.2) is 5.38 Å². The first-order valence-electron chi connectivity index (χ1n) is 4.46. The fraction of sp³-hybridized carbons (Fsp3) is 0.625. The number of aromatic nitrogens is 2. The quantitative estimate of drug-likeness (QED) is 0.771. The molecule has 6 heteroatoms. The van der Waals surface area contributed by atoms with Crippen molar-refractivity contribution in [1.29, 1.82) is 0 Å². The summed E-state index contributed by atoms with van der Waals surface area (Å²) in [6.07, 6.45) is 0.594. The minimum Gasteiger partial charge on any atom is -0.396 e. The van der Waals surface area contributed by atoms with Crippen LogP contribution in [0, 0.1) is 0 Å². The lowest BCUT2D eigenvalue weighted by molar-refractivity contribution is 0.0748. The summed E-state index contributed by atoms with van der Waals surface area (Å²) in [7, 11) is 0. The highest BCUT2D eigenvalue weighted by Gasteiger charge is 2.15. The summed E-state index contributed by atoms with van der Waals surface area (Å²) < 4.78 is 3.64. The van der Waals surface area contributed by atoms with Crippen LogP contribution in [0.1, 0.15) is 23.8 Å². The zero-order valence-electron chi connectivity index (χ0n) is 8.01. The maximum atomic E-state index is 11.7. The molecule has 1 heterocycles. The predicted octanol–water partition coefficient (Wildman–Crippen LogP) is 0.383. The summed E-state index contributed by atoms with van der Waals surface area (Å²) in [4.78, 5) is 13.3. The Morgan fingerprint density at radius 3 is 3.00 bits per heavy atom. The second-order valence-corrected chi connectivity index (χ2v) is 3.36. The fourth-order valence-electron chi connectivity index (χ4n) is 1.08. The summed E-state index contributed by atoms with van der Waals surface area (Å²) in [6.45, 7) is 3.17. The van der Waals surface area contributed by atoms with Crippen LogP contribution >= 0.6 is 11.5 Å². The lowest BCUT2D eigenvalue weighted by Crippen LogP contribution is -2.32. The molecule has 0 aliphatic rings. The van der Waals surface area contributed by atoms with Crippen molar-refractivity contribution in [2.45, 2.75) is 13.3 Å². The summed E-state index contributed by atoms with van der Waals surface area (Å²) in [5.41, 5.74) is 0.384. The number of amides is 1. The molecular formula is C8H13N3O2S. The zero-order chi connectivity index (χ0) is 10.4. The molecule has 0 unspecified atom stereocenters. The van der Waals surface area contributed by atoms with Gasteiger partial charge in [-0.3, -0.25) is 4.79 Å². The molecule has 5 nitrogen and oxygen atoms in total. The number of nitrogens with zero attached hydrogens (tertiary/aromatic N) is 3. The largest absolute Gasteiger partial charge is 0.396 e. The van der Waals surface area contributed by atoms with Gasteiger partial charge in [0.05, 0.1) is 0 Å². The van der Waals surface area contributed by atoms with E-state index in [-0.39, 0.29) is 12.5 Å². The van der Waals surface area contributed by atoms with Gasteiger partial charge in [-0.2, -0.15) is 0 Å². The molecule has 1 rings (SSSR count). The number of aliphatic hydroxyl groups is 1. The molecule has 0 bridgehead atoms. The summed E-state index contributed by atoms with van der Waals surface area (Å²) >= 11 is 1.16. The highest BCUT2D eigenvalue weighted by Crippen LogP contribution is 2.03. The highest BCUT2D eigenvalue weighted by atomic mass is 32.1. The Hall–Kier alpha value is -1.01. The lowest BCUT2D eigenvalue weighted by atomic mass is 10.3. The van der Waals surface area contributed by atoms with Crippen LogP contribution in [-0.2, 0) is 0 Å². The molecule has 0 fully saturated rings. The van der Waals surface area contributed by atoms with E-state index in [0.717, 1.165) is 11.5 Å². The highest BCUT2D eigenvalue weighted by molar-refractivity contribution is 7.03. The average Bonchev–Trinajstić information content (AvgIpc) is 2.71. The molecule has 0 saturated carbocycles. The Kier molecular flexibility index (Phi) is 4.48. The molecule has 14 heavy (non-hydrogen) atoms. The molecule has 0 atom stereocenters. The van der Waals surface area contributed by atoms with Crippen LogP contribution in [0.5, 0.6) is 0 Å². The minimum atomic E-state index is -0.116. The van der Waals surface area contributed by atoms with Crippen LogP contribution in [0.2, 0.25) is 0 Å². The van der Waals surface area contributed by atoms with Crippen LogP contribution in [-0.4, -0.2) is 45.2 Å². The number of carbonyl (C=O) groups is 1. The molecule has 1 aromatic heterocycles. The average molecular weight is 215 g/mol. The zero-order valence-corrected chi connectivity index (χ0v) is 8.83. The van der Waals surface area contributed by atoms with E-state index in [1.54, 1.807) is 10.3 Å². The third-order valence-electron chi connectivity index (χ3n) is 1.83. The molecule has 0 aromatic carbocycles. The molecule has 1 amide bonds. The first-order chi connectivity index (χ1) is 6.79. The van der Waals surface area contributed by atoms with E-state index in [9.17, 15) is 4.79 Å². The van der Waals surface area contributed by atoms with Gasteiger partial charge < -0.3 is 10.0 Å². The Balaban J connectivity index is 2.56. The molecule has 1 aromatic rings. The van der Waals surface area contributed by atoms with Crippen LogP contribution in [0.3, 0.4) is 0 Å². The van der Waals surface area contributed by atoms with Gasteiger partial charge in [0.25, 0.3) is 5.91 Å². The topological polar surface area (TPSA) is 66.3 Å². The minimum absolute atomic E-state index is 0.0963. The van der Waals surface area contributed by atoms with Crippen molar-refractivity contribution < 1.29 is 9.90 Å². The van der Waals surface area contributed by atoms with E-state index in [4.69, 9.17) is 5.11 Å². The van der Waals surface area contributed by atoms with E-state index in [1.165, 1.54) is 0 Å². The Bertz CT molecular complexity index is 276. The van der Waals surface area contributed by atoms with E-state index in [1.807, 2.05) is 6.92 Å². The monoisotopic (exact) mass is 215 g/mol. The summed E-state index contributed by atoms with van der Waals surface area (Å²) in [6, 6.07) is 0. The van der Waals surface area contributed by atoms with E-state index >= 15 is 0 Å². The van der Waals surface area contributed by atoms with Gasteiger partial charge >= 0.3 is 0 Å². The van der Waals surface area contributed by atoms with Crippen molar-refractivity contribution in [3.63, 3.8) is 0 Å². The van der Waals surface area contributed by atoms with Crippen molar-refractivity contribution in [3.05, 3.63) is 11.1 Å². The predicted molar refractivity (Wildman–Crippen MR) is 53.2 cm³/mol.